The van der Waals surface area contributed by atoms with Gasteiger partial charge in [0.2, 0.25) is 11.8 Å². The second-order valence-corrected chi connectivity index (χ2v) is 9.62. The van der Waals surface area contributed by atoms with E-state index in [0.717, 1.165) is 11.9 Å². The number of likely N-dealkylation sites (tertiary alicyclic amines) is 1. The molecule has 2 bridgehead atoms. The van der Waals surface area contributed by atoms with Crippen LogP contribution in [-0.2, 0) is 20.7 Å². The third-order valence-corrected chi connectivity index (χ3v) is 7.62. The molecule has 2 saturated heterocycles. The molecule has 0 radical (unpaired) electrons. The standard InChI is InChI=1S/C27H25N3O5/c31-25(29-17-5-6-20-22(13-17)34-12-11-33-20)23-21-7-9-27(35-21)15-30(26(32)24(23)27)10-8-16-14-28-19-4-2-1-3-18(16)19/h1-7,9,13-14,21,23-24,28H,8,10-12,15H2,(H,29,31)/t21-,23?,24?,27?/m1/s1. The van der Waals surface area contributed by atoms with Gasteiger partial charge in [0.25, 0.3) is 0 Å². The smallest absolute Gasteiger partial charge is 0.231 e. The fourth-order valence-corrected chi connectivity index (χ4v) is 6.01. The van der Waals surface area contributed by atoms with Crippen LogP contribution in [0.15, 0.2) is 60.8 Å². The third-order valence-electron chi connectivity index (χ3n) is 7.62. The number of nitrogens with zero attached hydrogens (tertiary/aromatic N) is 1. The predicted molar refractivity (Wildman–Crippen MR) is 128 cm³/mol. The number of nitrogens with one attached hydrogen (secondary N) is 2. The molecule has 5 heterocycles. The van der Waals surface area contributed by atoms with E-state index in [-0.39, 0.29) is 11.8 Å². The monoisotopic (exact) mass is 471 g/mol. The van der Waals surface area contributed by atoms with E-state index in [1.807, 2.05) is 41.4 Å². The molecule has 2 N–H and O–H groups in total. The van der Waals surface area contributed by atoms with Crippen LogP contribution in [0.2, 0.25) is 0 Å². The summed E-state index contributed by atoms with van der Waals surface area (Å²) in [7, 11) is 0. The van der Waals surface area contributed by atoms with Gasteiger partial charge >= 0.3 is 0 Å². The van der Waals surface area contributed by atoms with Gasteiger partial charge in [-0.15, -0.1) is 0 Å². The van der Waals surface area contributed by atoms with E-state index in [2.05, 4.69) is 16.4 Å². The van der Waals surface area contributed by atoms with Crippen molar-refractivity contribution in [1.29, 1.82) is 0 Å². The number of anilines is 1. The van der Waals surface area contributed by atoms with Crippen molar-refractivity contribution in [3.63, 3.8) is 0 Å². The number of fused-ring (bicyclic) bond motifs is 3. The van der Waals surface area contributed by atoms with Crippen LogP contribution in [-0.4, -0.2) is 59.7 Å². The summed E-state index contributed by atoms with van der Waals surface area (Å²) in [6.45, 7) is 2.03. The van der Waals surface area contributed by atoms with E-state index in [1.54, 1.807) is 18.2 Å². The number of rotatable bonds is 5. The molecule has 1 spiro atoms. The van der Waals surface area contributed by atoms with Gasteiger partial charge in [-0.05, 0) is 30.2 Å². The molecular formula is C27H25N3O5. The number of carbonyl (C=O) groups is 2. The number of benzene rings is 2. The van der Waals surface area contributed by atoms with E-state index in [0.29, 0.717) is 43.5 Å². The molecule has 178 valence electrons. The van der Waals surface area contributed by atoms with Crippen molar-refractivity contribution in [2.75, 3.05) is 31.6 Å². The molecule has 0 aliphatic carbocycles. The van der Waals surface area contributed by atoms with Crippen molar-refractivity contribution < 1.29 is 23.8 Å². The molecule has 4 aliphatic heterocycles. The van der Waals surface area contributed by atoms with E-state index < -0.39 is 23.5 Å². The summed E-state index contributed by atoms with van der Waals surface area (Å²) < 4.78 is 17.5. The van der Waals surface area contributed by atoms with Crippen molar-refractivity contribution in [3.05, 3.63) is 66.4 Å². The molecule has 2 aromatic carbocycles. The topological polar surface area (TPSA) is 92.9 Å². The van der Waals surface area contributed by atoms with Crippen LogP contribution < -0.4 is 14.8 Å². The summed E-state index contributed by atoms with van der Waals surface area (Å²) >= 11 is 0. The van der Waals surface area contributed by atoms with Gasteiger partial charge in [-0.25, -0.2) is 0 Å². The molecule has 1 aromatic heterocycles. The molecular weight excluding hydrogens is 446 g/mol. The normalized spacial score (nSPS) is 28.1. The Morgan fingerprint density at radius 2 is 2.00 bits per heavy atom. The number of hydrogen-bond donors (Lipinski definition) is 2. The van der Waals surface area contributed by atoms with Crippen molar-refractivity contribution in [1.82, 2.24) is 9.88 Å². The van der Waals surface area contributed by atoms with E-state index in [9.17, 15) is 9.59 Å². The number of ether oxygens (including phenoxy) is 3. The molecule has 8 nitrogen and oxygen atoms in total. The zero-order chi connectivity index (χ0) is 23.6. The van der Waals surface area contributed by atoms with Crippen LogP contribution in [0.4, 0.5) is 5.69 Å². The average molecular weight is 472 g/mol. The van der Waals surface area contributed by atoms with Gasteiger partial charge in [0.15, 0.2) is 11.5 Å². The number of aromatic nitrogens is 1. The average Bonchev–Trinajstić information content (AvgIpc) is 3.62. The molecule has 2 amide bonds. The summed E-state index contributed by atoms with van der Waals surface area (Å²) in [5, 5.41) is 4.15. The minimum absolute atomic E-state index is 0.0148. The Bertz CT molecular complexity index is 1380. The first-order valence-corrected chi connectivity index (χ1v) is 12.0. The number of hydrogen-bond acceptors (Lipinski definition) is 5. The highest BCUT2D eigenvalue weighted by Gasteiger charge is 2.66. The summed E-state index contributed by atoms with van der Waals surface area (Å²) in [6.07, 6.45) is 6.27. The number of amides is 2. The highest BCUT2D eigenvalue weighted by atomic mass is 16.6. The molecule has 3 aromatic rings. The van der Waals surface area contributed by atoms with Gasteiger partial charge < -0.3 is 29.4 Å². The maximum absolute atomic E-state index is 13.5. The number of carbonyl (C=O) groups excluding carboxylic acids is 2. The predicted octanol–water partition coefficient (Wildman–Crippen LogP) is 2.90. The van der Waals surface area contributed by atoms with Gasteiger partial charge in [0.05, 0.1) is 24.5 Å². The van der Waals surface area contributed by atoms with E-state index >= 15 is 0 Å². The van der Waals surface area contributed by atoms with Crippen molar-refractivity contribution in [2.24, 2.45) is 11.8 Å². The van der Waals surface area contributed by atoms with Gasteiger partial charge in [0.1, 0.15) is 18.8 Å². The molecule has 4 atom stereocenters. The largest absolute Gasteiger partial charge is 0.486 e. The Balaban J connectivity index is 1.09. The van der Waals surface area contributed by atoms with E-state index in [4.69, 9.17) is 14.2 Å². The minimum atomic E-state index is -0.725. The van der Waals surface area contributed by atoms with E-state index in [1.165, 1.54) is 10.9 Å². The fourth-order valence-electron chi connectivity index (χ4n) is 6.01. The maximum Gasteiger partial charge on any atom is 0.231 e. The van der Waals surface area contributed by atoms with Crippen LogP contribution in [0.25, 0.3) is 10.9 Å². The molecule has 7 rings (SSSR count). The van der Waals surface area contributed by atoms with Gasteiger partial charge in [0, 0.05) is 35.4 Å². The van der Waals surface area contributed by atoms with Crippen LogP contribution >= 0.6 is 0 Å². The number of H-pyrrole nitrogens is 1. The summed E-state index contributed by atoms with van der Waals surface area (Å²) in [5.41, 5.74) is 2.15. The molecule has 0 saturated carbocycles. The molecule has 3 unspecified atom stereocenters. The van der Waals surface area contributed by atoms with Crippen LogP contribution in [0, 0.1) is 11.8 Å². The molecule has 2 fully saturated rings. The minimum Gasteiger partial charge on any atom is -0.486 e. The Morgan fingerprint density at radius 1 is 1.14 bits per heavy atom. The summed E-state index contributed by atoms with van der Waals surface area (Å²) in [4.78, 5) is 32.1. The Hall–Kier alpha value is -3.78. The quantitative estimate of drug-likeness (QED) is 0.559. The lowest BCUT2D eigenvalue weighted by atomic mass is 9.77. The molecule has 35 heavy (non-hydrogen) atoms. The molecule has 8 heteroatoms. The van der Waals surface area contributed by atoms with Crippen LogP contribution in [0.1, 0.15) is 5.56 Å². The Labute approximate surface area is 201 Å². The van der Waals surface area contributed by atoms with Crippen LogP contribution in [0.3, 0.4) is 0 Å². The number of aromatic amines is 1. The maximum atomic E-state index is 13.5. The van der Waals surface area contributed by atoms with Gasteiger partial charge in [-0.3, -0.25) is 9.59 Å². The zero-order valence-electron chi connectivity index (χ0n) is 19.0. The van der Waals surface area contributed by atoms with Crippen LogP contribution in [0.5, 0.6) is 11.5 Å². The third kappa shape index (κ3) is 3.16. The first kappa shape index (κ1) is 20.6. The zero-order valence-corrected chi connectivity index (χ0v) is 19.0. The Morgan fingerprint density at radius 3 is 2.91 bits per heavy atom. The van der Waals surface area contributed by atoms with Gasteiger partial charge in [-0.2, -0.15) is 0 Å². The Kier molecular flexibility index (Phi) is 4.48. The second kappa shape index (κ2) is 7.61. The lowest BCUT2D eigenvalue weighted by Gasteiger charge is -2.24. The first-order chi connectivity index (χ1) is 17.1. The van der Waals surface area contributed by atoms with Crippen molar-refractivity contribution in [2.45, 2.75) is 18.1 Å². The van der Waals surface area contributed by atoms with Crippen molar-refractivity contribution in [3.8, 4) is 11.5 Å². The van der Waals surface area contributed by atoms with Crippen molar-refractivity contribution >= 4 is 28.4 Å². The lowest BCUT2D eigenvalue weighted by molar-refractivity contribution is -0.135. The first-order valence-electron chi connectivity index (χ1n) is 12.0. The summed E-state index contributed by atoms with van der Waals surface area (Å²) in [5.74, 6) is -0.0450. The highest BCUT2D eigenvalue weighted by molar-refractivity contribution is 5.99. The second-order valence-electron chi connectivity index (χ2n) is 9.62. The SMILES string of the molecule is O=C(Nc1ccc2c(c1)OCCO2)C1C2C(=O)N(CCc3c[nH]c4ccccc34)CC23C=C[C@H]1O3. The highest BCUT2D eigenvalue weighted by Crippen LogP contribution is 2.52. The number of para-hydroxylation sites is 1. The lowest BCUT2D eigenvalue weighted by Crippen LogP contribution is -2.41. The van der Waals surface area contributed by atoms with Gasteiger partial charge in [-0.1, -0.05) is 30.4 Å². The summed E-state index contributed by atoms with van der Waals surface area (Å²) in [6, 6.07) is 13.5. The molecule has 4 aliphatic rings. The fraction of sp³-hybridized carbons (Fsp3) is 0.333.